The molecular weight excluding hydrogens is 606 g/mol. The molecule has 246 valence electrons. The number of methoxy groups -OCH3 is 3. The standard InChI is InChI=1S/C36H37NO10/c1-16-13-19-18(7-6-8-37-9-11-47-12-10-38)34(42)26-20(40)14-22(44-3)28-29-23(45-4)15-21(41)27-32(29)31(25(19)30(26)28)33(24(16)17(2)39)36(46-5)35(27)43/h13-15,24,37-38,42-43H,6-12H2,1-5H3. The fraction of sp³-hybridized carbons (Fsp3) is 0.361. The van der Waals surface area contributed by atoms with Gasteiger partial charge in [0.1, 0.15) is 23.0 Å². The first-order valence-corrected chi connectivity index (χ1v) is 15.4. The van der Waals surface area contributed by atoms with E-state index in [9.17, 15) is 24.6 Å². The number of phenols is 2. The van der Waals surface area contributed by atoms with Gasteiger partial charge in [-0.25, -0.2) is 0 Å². The quantitative estimate of drug-likeness (QED) is 0.0836. The molecule has 4 N–H and O–H groups in total. The van der Waals surface area contributed by atoms with Crippen LogP contribution in [0.15, 0.2) is 27.3 Å². The van der Waals surface area contributed by atoms with Crippen molar-refractivity contribution in [2.24, 2.45) is 0 Å². The molecule has 0 heterocycles. The van der Waals surface area contributed by atoms with Crippen molar-refractivity contribution in [2.75, 3.05) is 54.2 Å². The van der Waals surface area contributed by atoms with E-state index in [0.717, 1.165) is 0 Å². The maximum Gasteiger partial charge on any atom is 0.194 e. The Morgan fingerprint density at radius 2 is 1.43 bits per heavy atom. The highest BCUT2D eigenvalue weighted by Crippen LogP contribution is 2.57. The van der Waals surface area contributed by atoms with Gasteiger partial charge in [0.25, 0.3) is 0 Å². The van der Waals surface area contributed by atoms with Crippen molar-refractivity contribution in [1.29, 1.82) is 0 Å². The predicted octanol–water partition coefficient (Wildman–Crippen LogP) is 3.95. The number of carbonyl (C=O) groups excluding carboxylic acids is 1. The monoisotopic (exact) mass is 643 g/mol. The van der Waals surface area contributed by atoms with Crippen LogP contribution in [0.3, 0.4) is 0 Å². The Balaban J connectivity index is 1.81. The van der Waals surface area contributed by atoms with Gasteiger partial charge in [0, 0.05) is 51.3 Å². The van der Waals surface area contributed by atoms with Crippen LogP contribution in [-0.2, 0) is 16.0 Å². The number of hydrogen-bond donors (Lipinski definition) is 4. The number of allylic oxidation sites excluding steroid dienone is 1. The van der Waals surface area contributed by atoms with E-state index in [1.165, 1.54) is 40.4 Å². The third-order valence-corrected chi connectivity index (χ3v) is 9.20. The van der Waals surface area contributed by atoms with E-state index < -0.39 is 22.5 Å². The van der Waals surface area contributed by atoms with Crippen LogP contribution in [0, 0.1) is 0 Å². The molecule has 0 bridgehead atoms. The first-order valence-electron chi connectivity index (χ1n) is 15.4. The lowest BCUT2D eigenvalue weighted by Crippen LogP contribution is -2.22. The number of benzene rings is 5. The third-order valence-electron chi connectivity index (χ3n) is 9.20. The lowest BCUT2D eigenvalue weighted by atomic mass is 9.80. The summed E-state index contributed by atoms with van der Waals surface area (Å²) in [6.07, 6.45) is 2.81. The lowest BCUT2D eigenvalue weighted by molar-refractivity contribution is -0.117. The topological polar surface area (TPSA) is 161 Å². The van der Waals surface area contributed by atoms with Gasteiger partial charge in [-0.05, 0) is 49.6 Å². The summed E-state index contributed by atoms with van der Waals surface area (Å²) in [5.74, 6) is -1.28. The molecule has 1 unspecified atom stereocenters. The molecule has 0 saturated carbocycles. The summed E-state index contributed by atoms with van der Waals surface area (Å²) in [7, 11) is 4.22. The summed E-state index contributed by atoms with van der Waals surface area (Å²) in [6, 6.07) is 2.58. The number of rotatable bonds is 13. The van der Waals surface area contributed by atoms with Gasteiger partial charge in [-0.1, -0.05) is 11.6 Å². The fourth-order valence-corrected chi connectivity index (χ4v) is 7.41. The molecule has 0 amide bonds. The first kappa shape index (κ1) is 32.2. The third kappa shape index (κ3) is 4.80. The van der Waals surface area contributed by atoms with Crippen LogP contribution in [0.2, 0.25) is 0 Å². The molecule has 0 fully saturated rings. The van der Waals surface area contributed by atoms with E-state index in [0.29, 0.717) is 87.1 Å². The number of aromatic hydroxyl groups is 2. The Morgan fingerprint density at radius 3 is 2.00 bits per heavy atom. The number of ether oxygens (including phenoxy) is 4. The number of hydrogen-bond acceptors (Lipinski definition) is 11. The van der Waals surface area contributed by atoms with E-state index in [1.807, 2.05) is 6.08 Å². The highest BCUT2D eigenvalue weighted by atomic mass is 16.5. The molecule has 0 aromatic heterocycles. The van der Waals surface area contributed by atoms with Gasteiger partial charge in [0.2, 0.25) is 0 Å². The lowest BCUT2D eigenvalue weighted by Gasteiger charge is -2.25. The Labute approximate surface area is 269 Å². The summed E-state index contributed by atoms with van der Waals surface area (Å²) >= 11 is 0. The largest absolute Gasteiger partial charge is 0.507 e. The van der Waals surface area contributed by atoms with E-state index in [1.54, 1.807) is 6.92 Å². The number of ketones is 1. The number of carbonyl (C=O) groups is 1. The molecule has 1 atom stereocenters. The first-order chi connectivity index (χ1) is 22.6. The number of phenolic OH excluding ortho intramolecular Hbond substituents is 2. The van der Waals surface area contributed by atoms with Crippen LogP contribution in [0.4, 0.5) is 0 Å². The van der Waals surface area contributed by atoms with Crippen LogP contribution in [0.1, 0.15) is 42.9 Å². The van der Waals surface area contributed by atoms with Crippen LogP contribution < -0.4 is 30.4 Å². The van der Waals surface area contributed by atoms with Gasteiger partial charge < -0.3 is 39.6 Å². The predicted molar refractivity (Wildman–Crippen MR) is 181 cm³/mol. The molecule has 1 aliphatic carbocycles. The smallest absolute Gasteiger partial charge is 0.194 e. The Bertz CT molecular complexity index is 2210. The Hall–Kier alpha value is -4.71. The SMILES string of the molecule is COc1c(O)c2c(=O)cc(OC)c3c4c(OC)cc(=O)c5c(O)c(CCCNCCOCCO)c6c(c(c1C(C(C)=O)C(C)=C6)c23)c54. The summed E-state index contributed by atoms with van der Waals surface area (Å²) in [6.45, 7) is 5.05. The van der Waals surface area contributed by atoms with Gasteiger partial charge >= 0.3 is 0 Å². The second kappa shape index (κ2) is 12.5. The van der Waals surface area contributed by atoms with Gasteiger partial charge in [-0.15, -0.1) is 0 Å². The van der Waals surface area contributed by atoms with E-state index in [2.05, 4.69) is 5.32 Å². The van der Waals surface area contributed by atoms with Crippen LogP contribution >= 0.6 is 0 Å². The number of aliphatic hydroxyl groups is 1. The van der Waals surface area contributed by atoms with Crippen molar-refractivity contribution in [3.05, 3.63) is 54.8 Å². The van der Waals surface area contributed by atoms with Gasteiger partial charge in [0.05, 0.1) is 57.8 Å². The van der Waals surface area contributed by atoms with E-state index in [4.69, 9.17) is 24.1 Å². The number of fused-ring (bicyclic) bond motifs is 1. The van der Waals surface area contributed by atoms with Crippen molar-refractivity contribution < 1.29 is 39.1 Å². The normalized spacial score (nSPS) is 14.4. The maximum atomic E-state index is 13.9. The molecular formula is C36H37NO10. The molecule has 0 spiro atoms. The van der Waals surface area contributed by atoms with Crippen molar-refractivity contribution in [3.63, 3.8) is 0 Å². The average molecular weight is 644 g/mol. The van der Waals surface area contributed by atoms with Crippen LogP contribution in [-0.4, -0.2) is 75.3 Å². The second-order valence-electron chi connectivity index (χ2n) is 11.8. The molecule has 11 nitrogen and oxygen atoms in total. The molecule has 1 aliphatic rings. The highest BCUT2D eigenvalue weighted by Gasteiger charge is 2.37. The number of aliphatic hydroxyl groups excluding tert-OH is 1. The molecule has 11 heteroatoms. The van der Waals surface area contributed by atoms with E-state index in [-0.39, 0.29) is 52.8 Å². The molecule has 5 aromatic carbocycles. The summed E-state index contributed by atoms with van der Waals surface area (Å²) < 4.78 is 22.6. The zero-order valence-corrected chi connectivity index (χ0v) is 27.0. The van der Waals surface area contributed by atoms with E-state index >= 15 is 0 Å². The Morgan fingerprint density at radius 1 is 0.809 bits per heavy atom. The van der Waals surface area contributed by atoms with Crippen molar-refractivity contribution in [2.45, 2.75) is 32.6 Å². The zero-order chi connectivity index (χ0) is 33.7. The molecule has 0 aliphatic heterocycles. The minimum absolute atomic E-state index is 0.00870. The van der Waals surface area contributed by atoms with Crippen LogP contribution in [0.5, 0.6) is 28.7 Å². The summed E-state index contributed by atoms with van der Waals surface area (Å²) in [5.41, 5.74) is 1.15. The number of Topliss-reactive ketones (excluding diaryl/α,β-unsaturated/α-hetero) is 1. The zero-order valence-electron chi connectivity index (χ0n) is 27.0. The molecule has 0 saturated heterocycles. The number of nitrogens with one attached hydrogen (secondary N) is 1. The van der Waals surface area contributed by atoms with Gasteiger partial charge in [-0.3, -0.25) is 14.4 Å². The average Bonchev–Trinajstić information content (AvgIpc) is 3.17. The van der Waals surface area contributed by atoms with Crippen LogP contribution in [0.25, 0.3) is 49.2 Å². The molecule has 0 radical (unpaired) electrons. The molecule has 5 aromatic rings. The Kier molecular flexibility index (Phi) is 8.56. The van der Waals surface area contributed by atoms with Crippen molar-refractivity contribution in [3.8, 4) is 28.7 Å². The second-order valence-corrected chi connectivity index (χ2v) is 11.8. The summed E-state index contributed by atoms with van der Waals surface area (Å²) in [5, 5.41) is 38.5. The van der Waals surface area contributed by atoms with Gasteiger partial charge in [0.15, 0.2) is 22.4 Å². The minimum Gasteiger partial charge on any atom is -0.507 e. The fourth-order valence-electron chi connectivity index (χ4n) is 7.41. The van der Waals surface area contributed by atoms with Gasteiger partial charge in [-0.2, -0.15) is 0 Å². The molecule has 6 rings (SSSR count). The minimum atomic E-state index is -0.874. The maximum absolute atomic E-state index is 13.9. The van der Waals surface area contributed by atoms with Crippen molar-refractivity contribution >= 4 is 54.9 Å². The highest BCUT2D eigenvalue weighted by molar-refractivity contribution is 6.39. The molecule has 47 heavy (non-hydrogen) atoms. The van der Waals surface area contributed by atoms with Crippen molar-refractivity contribution in [1.82, 2.24) is 5.32 Å². The summed E-state index contributed by atoms with van der Waals surface area (Å²) in [4.78, 5) is 41.1.